The summed E-state index contributed by atoms with van der Waals surface area (Å²) >= 11 is 0. The van der Waals surface area contributed by atoms with Crippen LogP contribution in [0, 0.1) is 12.3 Å². The van der Waals surface area contributed by atoms with Crippen LogP contribution in [-0.2, 0) is 4.79 Å². The molecule has 2 saturated heterocycles. The van der Waals surface area contributed by atoms with Gasteiger partial charge >= 0.3 is 0 Å². The molecule has 2 fully saturated rings. The molecule has 1 spiro atoms. The molecule has 2 amide bonds. The summed E-state index contributed by atoms with van der Waals surface area (Å²) in [7, 11) is 1.60. The average molecular weight is 342 g/mol. The highest BCUT2D eigenvalue weighted by Gasteiger charge is 2.47. The molecule has 1 atom stereocenters. The molecule has 25 heavy (non-hydrogen) atoms. The van der Waals surface area contributed by atoms with Crippen LogP contribution in [0.25, 0.3) is 11.0 Å². The quantitative estimate of drug-likeness (QED) is 0.910. The summed E-state index contributed by atoms with van der Waals surface area (Å²) in [5.74, 6) is 0.999. The van der Waals surface area contributed by atoms with Crippen LogP contribution in [0.1, 0.15) is 35.4 Å². The number of furan rings is 1. The molecule has 2 aromatic rings. The molecule has 0 aliphatic carbocycles. The number of amides is 2. The minimum absolute atomic E-state index is 0.0834. The van der Waals surface area contributed by atoms with Crippen LogP contribution in [0.4, 0.5) is 0 Å². The van der Waals surface area contributed by atoms with Gasteiger partial charge in [-0.1, -0.05) is 0 Å². The Morgan fingerprint density at radius 3 is 2.96 bits per heavy atom. The Hall–Kier alpha value is -2.50. The van der Waals surface area contributed by atoms with Crippen LogP contribution < -0.4 is 10.1 Å². The van der Waals surface area contributed by atoms with E-state index in [-0.39, 0.29) is 11.8 Å². The van der Waals surface area contributed by atoms with Crippen LogP contribution in [0.2, 0.25) is 0 Å². The molecule has 1 N–H and O–H groups in total. The number of carbonyl (C=O) groups excluding carboxylic acids is 2. The Labute approximate surface area is 146 Å². The van der Waals surface area contributed by atoms with E-state index in [1.54, 1.807) is 18.1 Å². The van der Waals surface area contributed by atoms with Crippen molar-refractivity contribution in [1.82, 2.24) is 10.2 Å². The first-order valence-electron chi connectivity index (χ1n) is 8.69. The van der Waals surface area contributed by atoms with E-state index in [1.165, 1.54) is 0 Å². The van der Waals surface area contributed by atoms with Crippen LogP contribution in [0.5, 0.6) is 5.75 Å². The number of rotatable bonds is 2. The van der Waals surface area contributed by atoms with E-state index in [0.717, 1.165) is 36.8 Å². The smallest absolute Gasteiger partial charge is 0.289 e. The maximum Gasteiger partial charge on any atom is 0.289 e. The minimum atomic E-state index is -0.420. The second-order valence-corrected chi connectivity index (χ2v) is 7.03. The van der Waals surface area contributed by atoms with Crippen LogP contribution in [0.3, 0.4) is 0 Å². The van der Waals surface area contributed by atoms with Gasteiger partial charge in [-0.15, -0.1) is 0 Å². The zero-order valence-corrected chi connectivity index (χ0v) is 14.6. The molecule has 0 unspecified atom stereocenters. The molecule has 132 valence electrons. The molecule has 6 heteroatoms. The number of piperidine rings is 1. The lowest BCUT2D eigenvalue weighted by atomic mass is 9.79. The van der Waals surface area contributed by atoms with Gasteiger partial charge in [0.25, 0.3) is 5.91 Å². The van der Waals surface area contributed by atoms with Gasteiger partial charge in [-0.25, -0.2) is 0 Å². The van der Waals surface area contributed by atoms with Gasteiger partial charge in [0.1, 0.15) is 11.3 Å². The Bertz CT molecular complexity index is 856. The van der Waals surface area contributed by atoms with Crippen molar-refractivity contribution < 1.29 is 18.7 Å². The molecule has 3 heterocycles. The SMILES string of the molecule is COc1ccc2c(C)c(C(=O)N3CC[C@]4(CCCNC4=O)C3)oc2c1. The van der Waals surface area contributed by atoms with Gasteiger partial charge < -0.3 is 19.4 Å². The fourth-order valence-electron chi connectivity index (χ4n) is 4.05. The lowest BCUT2D eigenvalue weighted by Crippen LogP contribution is -2.47. The summed E-state index contributed by atoms with van der Waals surface area (Å²) in [4.78, 5) is 27.1. The fraction of sp³-hybridized carbons (Fsp3) is 0.474. The second kappa shape index (κ2) is 5.79. The van der Waals surface area contributed by atoms with E-state index < -0.39 is 5.41 Å². The van der Waals surface area contributed by atoms with Crippen molar-refractivity contribution in [3.8, 4) is 5.75 Å². The maximum absolute atomic E-state index is 13.0. The largest absolute Gasteiger partial charge is 0.497 e. The molecule has 0 radical (unpaired) electrons. The molecule has 0 bridgehead atoms. The standard InChI is InChI=1S/C19H22N2O4/c1-12-14-5-4-13(24-2)10-15(14)25-16(12)17(22)21-9-7-19(11-21)6-3-8-20-18(19)23/h4-5,10H,3,6-9,11H2,1-2H3,(H,20,23)/t19-/m1/s1. The number of fused-ring (bicyclic) bond motifs is 1. The van der Waals surface area contributed by atoms with Crippen molar-refractivity contribution in [1.29, 1.82) is 0 Å². The van der Waals surface area contributed by atoms with E-state index in [1.807, 2.05) is 19.1 Å². The summed E-state index contributed by atoms with van der Waals surface area (Å²) in [5, 5.41) is 3.86. The Morgan fingerprint density at radius 1 is 1.36 bits per heavy atom. The van der Waals surface area contributed by atoms with Crippen molar-refractivity contribution in [2.75, 3.05) is 26.7 Å². The summed E-state index contributed by atoms with van der Waals surface area (Å²) in [6.07, 6.45) is 2.54. The van der Waals surface area contributed by atoms with Crippen LogP contribution in [-0.4, -0.2) is 43.5 Å². The normalized spacial score (nSPS) is 23.3. The predicted molar refractivity (Wildman–Crippen MR) is 92.7 cm³/mol. The molecular formula is C19H22N2O4. The third-order valence-corrected chi connectivity index (χ3v) is 5.58. The monoisotopic (exact) mass is 342 g/mol. The van der Waals surface area contributed by atoms with Gasteiger partial charge in [-0.2, -0.15) is 0 Å². The van der Waals surface area contributed by atoms with Crippen molar-refractivity contribution in [3.63, 3.8) is 0 Å². The number of aryl methyl sites for hydroxylation is 1. The van der Waals surface area contributed by atoms with Crippen LogP contribution in [0.15, 0.2) is 22.6 Å². The number of nitrogens with zero attached hydrogens (tertiary/aromatic N) is 1. The minimum Gasteiger partial charge on any atom is -0.497 e. The lowest BCUT2D eigenvalue weighted by Gasteiger charge is -2.32. The first kappa shape index (κ1) is 16.0. The molecule has 1 aromatic carbocycles. The summed E-state index contributed by atoms with van der Waals surface area (Å²) in [5.41, 5.74) is 1.05. The zero-order valence-electron chi connectivity index (χ0n) is 14.6. The molecule has 6 nitrogen and oxygen atoms in total. The van der Waals surface area contributed by atoms with E-state index in [4.69, 9.17) is 9.15 Å². The second-order valence-electron chi connectivity index (χ2n) is 7.03. The van der Waals surface area contributed by atoms with Crippen molar-refractivity contribution in [3.05, 3.63) is 29.5 Å². The number of ether oxygens (including phenoxy) is 1. The number of carbonyl (C=O) groups is 2. The van der Waals surface area contributed by atoms with Gasteiger partial charge in [0.15, 0.2) is 5.76 Å². The van der Waals surface area contributed by atoms with Crippen LogP contribution >= 0.6 is 0 Å². The Kier molecular flexibility index (Phi) is 3.71. The van der Waals surface area contributed by atoms with E-state index in [9.17, 15) is 9.59 Å². The van der Waals surface area contributed by atoms with Gasteiger partial charge in [0.2, 0.25) is 5.91 Å². The highest BCUT2D eigenvalue weighted by Crippen LogP contribution is 2.38. The topological polar surface area (TPSA) is 71.8 Å². The summed E-state index contributed by atoms with van der Waals surface area (Å²) in [6, 6.07) is 5.55. The molecule has 2 aliphatic heterocycles. The number of methoxy groups -OCH3 is 1. The van der Waals surface area contributed by atoms with Gasteiger partial charge in [-0.3, -0.25) is 9.59 Å². The van der Waals surface area contributed by atoms with E-state index >= 15 is 0 Å². The Balaban J connectivity index is 1.62. The average Bonchev–Trinajstić information content (AvgIpc) is 3.19. The van der Waals surface area contributed by atoms with Crippen molar-refractivity contribution in [2.24, 2.45) is 5.41 Å². The highest BCUT2D eigenvalue weighted by molar-refractivity contribution is 5.99. The van der Waals surface area contributed by atoms with Gasteiger partial charge in [0, 0.05) is 36.7 Å². The van der Waals surface area contributed by atoms with Crippen molar-refractivity contribution in [2.45, 2.75) is 26.2 Å². The zero-order chi connectivity index (χ0) is 17.6. The molecule has 0 saturated carbocycles. The molecular weight excluding hydrogens is 320 g/mol. The molecule has 1 aromatic heterocycles. The van der Waals surface area contributed by atoms with Crippen molar-refractivity contribution >= 4 is 22.8 Å². The first-order chi connectivity index (χ1) is 12.0. The highest BCUT2D eigenvalue weighted by atomic mass is 16.5. The number of hydrogen-bond acceptors (Lipinski definition) is 4. The number of hydrogen-bond donors (Lipinski definition) is 1. The third-order valence-electron chi connectivity index (χ3n) is 5.58. The first-order valence-corrected chi connectivity index (χ1v) is 8.69. The summed E-state index contributed by atoms with van der Waals surface area (Å²) < 4.78 is 11.1. The lowest BCUT2D eigenvalue weighted by molar-refractivity contribution is -0.132. The number of likely N-dealkylation sites (tertiary alicyclic amines) is 1. The third kappa shape index (κ3) is 2.47. The fourth-order valence-corrected chi connectivity index (χ4v) is 4.05. The van der Waals surface area contributed by atoms with E-state index in [0.29, 0.717) is 30.2 Å². The molecule has 4 rings (SSSR count). The van der Waals surface area contributed by atoms with Gasteiger partial charge in [0.05, 0.1) is 12.5 Å². The van der Waals surface area contributed by atoms with Gasteiger partial charge in [-0.05, 0) is 38.3 Å². The predicted octanol–water partition coefficient (Wildman–Crippen LogP) is 2.49. The Morgan fingerprint density at radius 2 is 2.20 bits per heavy atom. The van der Waals surface area contributed by atoms with E-state index in [2.05, 4.69) is 5.32 Å². The molecule has 2 aliphatic rings. The number of benzene rings is 1. The summed E-state index contributed by atoms with van der Waals surface area (Å²) in [6.45, 7) is 3.69. The maximum atomic E-state index is 13.0. The number of nitrogens with one attached hydrogen (secondary N) is 1.